The van der Waals surface area contributed by atoms with Crippen LogP contribution in [0.1, 0.15) is 11.6 Å². The standard InChI is InChI=1S/C8H2Cl3N6/c9-6-13-3-12-4(14-6)1-2-5-15-7(10)17-8(11)16-5/h1,3H. The van der Waals surface area contributed by atoms with E-state index in [0.29, 0.717) is 5.82 Å². The Morgan fingerprint density at radius 1 is 0.882 bits per heavy atom. The van der Waals surface area contributed by atoms with Crippen molar-refractivity contribution in [3.63, 3.8) is 0 Å². The number of hydrogen-bond acceptors (Lipinski definition) is 6. The minimum atomic E-state index is -0.0189. The van der Waals surface area contributed by atoms with Gasteiger partial charge in [0.1, 0.15) is 6.33 Å². The van der Waals surface area contributed by atoms with Gasteiger partial charge >= 0.3 is 0 Å². The van der Waals surface area contributed by atoms with Crippen LogP contribution < -0.4 is 0 Å². The summed E-state index contributed by atoms with van der Waals surface area (Å²) < 4.78 is 0. The molecule has 0 atom stereocenters. The van der Waals surface area contributed by atoms with E-state index in [1.54, 1.807) is 0 Å². The van der Waals surface area contributed by atoms with Gasteiger partial charge in [-0.15, -0.1) is 0 Å². The lowest BCUT2D eigenvalue weighted by Gasteiger charge is -1.94. The van der Waals surface area contributed by atoms with E-state index in [-0.39, 0.29) is 21.7 Å². The molecule has 0 aliphatic heterocycles. The molecular weight excluding hydrogens is 286 g/mol. The SMILES string of the molecule is Clc1nc(Cl)nc([C]=Cc2ncnc(Cl)n2)n1. The Bertz CT molecular complexity index is 553. The molecule has 0 saturated heterocycles. The Labute approximate surface area is 111 Å². The minimum absolute atomic E-state index is 0.0189. The fraction of sp³-hybridized carbons (Fsp3) is 0. The first kappa shape index (κ1) is 12.1. The van der Waals surface area contributed by atoms with E-state index in [1.807, 2.05) is 0 Å². The van der Waals surface area contributed by atoms with Gasteiger partial charge in [-0.25, -0.2) is 9.97 Å². The van der Waals surface area contributed by atoms with Gasteiger partial charge in [-0.1, -0.05) is 0 Å². The number of rotatable bonds is 2. The van der Waals surface area contributed by atoms with Crippen LogP contribution in [0, 0.1) is 6.08 Å². The smallest absolute Gasteiger partial charge is 0.217 e. The van der Waals surface area contributed by atoms with Gasteiger partial charge in [0.25, 0.3) is 0 Å². The highest BCUT2D eigenvalue weighted by Crippen LogP contribution is 2.07. The summed E-state index contributed by atoms with van der Waals surface area (Å²) in [6.45, 7) is 0. The van der Waals surface area contributed by atoms with Crippen LogP contribution in [0.15, 0.2) is 6.33 Å². The maximum atomic E-state index is 5.59. The van der Waals surface area contributed by atoms with Gasteiger partial charge < -0.3 is 0 Å². The summed E-state index contributed by atoms with van der Waals surface area (Å²) in [5, 5.41) is 0.0453. The monoisotopic (exact) mass is 287 g/mol. The first-order valence-electron chi connectivity index (χ1n) is 4.15. The van der Waals surface area contributed by atoms with Crippen LogP contribution in [-0.2, 0) is 0 Å². The van der Waals surface area contributed by atoms with E-state index in [1.165, 1.54) is 12.4 Å². The van der Waals surface area contributed by atoms with Crippen molar-refractivity contribution in [3.05, 3.63) is 39.9 Å². The fourth-order valence-electron chi connectivity index (χ4n) is 0.877. The van der Waals surface area contributed by atoms with Gasteiger partial charge in [0.15, 0.2) is 11.6 Å². The zero-order chi connectivity index (χ0) is 12.3. The highest BCUT2D eigenvalue weighted by Gasteiger charge is 2.01. The van der Waals surface area contributed by atoms with Crippen molar-refractivity contribution >= 4 is 40.9 Å². The number of nitrogens with zero attached hydrogens (tertiary/aromatic N) is 6. The van der Waals surface area contributed by atoms with Gasteiger partial charge in [-0.2, -0.15) is 19.9 Å². The molecule has 17 heavy (non-hydrogen) atoms. The molecule has 2 aromatic heterocycles. The molecule has 0 amide bonds. The average molecular weight is 289 g/mol. The van der Waals surface area contributed by atoms with Gasteiger partial charge in [-0.3, -0.25) is 0 Å². The van der Waals surface area contributed by atoms with Crippen LogP contribution in [0.25, 0.3) is 6.08 Å². The Kier molecular flexibility index (Phi) is 3.78. The van der Waals surface area contributed by atoms with E-state index >= 15 is 0 Å². The summed E-state index contributed by atoms with van der Waals surface area (Å²) in [4.78, 5) is 22.5. The second-order valence-electron chi connectivity index (χ2n) is 2.60. The van der Waals surface area contributed by atoms with E-state index in [2.05, 4.69) is 36.0 Å². The minimum Gasteiger partial charge on any atom is -0.217 e. The predicted molar refractivity (Wildman–Crippen MR) is 61.5 cm³/mol. The quantitative estimate of drug-likeness (QED) is 0.839. The number of halogens is 3. The fourth-order valence-corrected chi connectivity index (χ4v) is 1.37. The van der Waals surface area contributed by atoms with Gasteiger partial charge in [0, 0.05) is 6.08 Å². The van der Waals surface area contributed by atoms with E-state index in [4.69, 9.17) is 34.8 Å². The van der Waals surface area contributed by atoms with Crippen molar-refractivity contribution < 1.29 is 0 Å². The number of hydrogen-bond donors (Lipinski definition) is 0. The van der Waals surface area contributed by atoms with Crippen LogP contribution >= 0.6 is 34.8 Å². The third-order valence-electron chi connectivity index (χ3n) is 1.47. The molecule has 1 radical (unpaired) electrons. The summed E-state index contributed by atoms with van der Waals surface area (Å²) in [5.74, 6) is 0.490. The highest BCUT2D eigenvalue weighted by molar-refractivity contribution is 6.31. The topological polar surface area (TPSA) is 77.3 Å². The Morgan fingerprint density at radius 2 is 1.59 bits per heavy atom. The lowest BCUT2D eigenvalue weighted by atomic mass is 10.4. The van der Waals surface area contributed by atoms with Gasteiger partial charge in [0.05, 0.1) is 0 Å². The maximum Gasteiger partial charge on any atom is 0.227 e. The first-order valence-corrected chi connectivity index (χ1v) is 5.28. The Balaban J connectivity index is 2.25. The van der Waals surface area contributed by atoms with Crippen LogP contribution in [-0.4, -0.2) is 29.9 Å². The summed E-state index contributed by atoms with van der Waals surface area (Å²) in [5.41, 5.74) is 0. The van der Waals surface area contributed by atoms with Crippen LogP contribution in [0.4, 0.5) is 0 Å². The second-order valence-corrected chi connectivity index (χ2v) is 3.61. The van der Waals surface area contributed by atoms with Crippen molar-refractivity contribution in [3.8, 4) is 0 Å². The van der Waals surface area contributed by atoms with Crippen molar-refractivity contribution in [1.82, 2.24) is 29.9 Å². The second kappa shape index (κ2) is 5.31. The Morgan fingerprint density at radius 3 is 2.24 bits per heavy atom. The summed E-state index contributed by atoms with van der Waals surface area (Å²) in [6.07, 6.45) is 5.40. The molecule has 0 bridgehead atoms. The largest absolute Gasteiger partial charge is 0.227 e. The molecular formula is C8H2Cl3N6. The number of aromatic nitrogens is 6. The molecule has 6 nitrogen and oxygen atoms in total. The van der Waals surface area contributed by atoms with Gasteiger partial charge in [-0.05, 0) is 40.9 Å². The molecule has 2 aromatic rings. The Hall–Kier alpha value is -1.37. The molecule has 0 aliphatic rings. The molecule has 0 aromatic carbocycles. The lowest BCUT2D eigenvalue weighted by Crippen LogP contribution is -1.94. The van der Waals surface area contributed by atoms with Crippen molar-refractivity contribution in [1.29, 1.82) is 0 Å². The molecule has 0 aliphatic carbocycles. The zero-order valence-electron chi connectivity index (χ0n) is 7.97. The van der Waals surface area contributed by atoms with E-state index in [9.17, 15) is 0 Å². The van der Waals surface area contributed by atoms with Crippen LogP contribution in [0.2, 0.25) is 15.9 Å². The summed E-state index contributed by atoms with van der Waals surface area (Å²) in [7, 11) is 0. The zero-order valence-corrected chi connectivity index (χ0v) is 10.2. The van der Waals surface area contributed by atoms with E-state index in [0.717, 1.165) is 0 Å². The molecule has 0 saturated carbocycles. The van der Waals surface area contributed by atoms with Crippen LogP contribution in [0.3, 0.4) is 0 Å². The van der Waals surface area contributed by atoms with Crippen molar-refractivity contribution in [2.45, 2.75) is 0 Å². The molecule has 2 heterocycles. The molecule has 0 N–H and O–H groups in total. The van der Waals surface area contributed by atoms with Crippen LogP contribution in [0.5, 0.6) is 0 Å². The maximum absolute atomic E-state index is 5.59. The molecule has 0 spiro atoms. The predicted octanol–water partition coefficient (Wildman–Crippen LogP) is 1.88. The third kappa shape index (κ3) is 3.55. The molecule has 9 heteroatoms. The summed E-state index contributed by atoms with van der Waals surface area (Å²) in [6, 6.07) is 0. The molecule has 0 fully saturated rings. The highest BCUT2D eigenvalue weighted by atomic mass is 35.5. The molecule has 0 unspecified atom stereocenters. The molecule has 85 valence electrons. The van der Waals surface area contributed by atoms with E-state index < -0.39 is 0 Å². The normalized spacial score (nSPS) is 11.0. The third-order valence-corrected chi connectivity index (χ3v) is 1.99. The summed E-state index contributed by atoms with van der Waals surface area (Å²) >= 11 is 16.8. The lowest BCUT2D eigenvalue weighted by molar-refractivity contribution is 0.999. The van der Waals surface area contributed by atoms with Crippen molar-refractivity contribution in [2.75, 3.05) is 0 Å². The van der Waals surface area contributed by atoms with Gasteiger partial charge in [0.2, 0.25) is 15.9 Å². The molecule has 2 rings (SSSR count). The first-order chi connectivity index (χ1) is 8.13. The average Bonchev–Trinajstić information content (AvgIpc) is 2.25. The van der Waals surface area contributed by atoms with Crippen molar-refractivity contribution in [2.24, 2.45) is 0 Å².